The van der Waals surface area contributed by atoms with Gasteiger partial charge in [-0.25, -0.2) is 0 Å². The minimum absolute atomic E-state index is 0.543. The number of allylic oxidation sites excluding steroid dienone is 4. The first-order valence-corrected chi connectivity index (χ1v) is 3.20. The van der Waals surface area contributed by atoms with E-state index in [1.54, 1.807) is 0 Å². The Morgan fingerprint density at radius 3 is 2.88 bits per heavy atom. The standard InChI is InChI=1S/C6H8BCl/c7-5-3-1-2-4-6(5)8/h1-2,4-5H,3,7H2. The Hall–Kier alpha value is -0.165. The summed E-state index contributed by atoms with van der Waals surface area (Å²) in [5.41, 5.74) is 0. The Kier molecular flexibility index (Phi) is 1.79. The largest absolute Gasteiger partial charge is 0.112 e. The summed E-state index contributed by atoms with van der Waals surface area (Å²) in [7, 11) is 2.13. The Bertz CT molecular complexity index is 137. The molecule has 0 radical (unpaired) electrons. The molecule has 2 heteroatoms. The SMILES string of the molecule is BC1CC=CC=C1Cl. The van der Waals surface area contributed by atoms with Gasteiger partial charge in [0.05, 0.1) is 0 Å². The predicted molar refractivity (Wildman–Crippen MR) is 40.0 cm³/mol. The lowest BCUT2D eigenvalue weighted by atomic mass is 9.82. The van der Waals surface area contributed by atoms with Crippen LogP contribution in [0.15, 0.2) is 23.3 Å². The molecule has 0 spiro atoms. The predicted octanol–water partition coefficient (Wildman–Crippen LogP) is 1.49. The maximum atomic E-state index is 5.78. The highest BCUT2D eigenvalue weighted by Crippen LogP contribution is 2.25. The van der Waals surface area contributed by atoms with Crippen molar-refractivity contribution in [1.29, 1.82) is 0 Å². The zero-order valence-corrected chi connectivity index (χ0v) is 5.65. The number of hydrogen-bond donors (Lipinski definition) is 0. The van der Waals surface area contributed by atoms with Crippen LogP contribution in [0.25, 0.3) is 0 Å². The normalized spacial score (nSPS) is 27.6. The van der Waals surface area contributed by atoms with Crippen LogP contribution in [-0.4, -0.2) is 7.85 Å². The van der Waals surface area contributed by atoms with Gasteiger partial charge in [-0.15, -0.1) is 0 Å². The number of halogens is 1. The third-order valence-electron chi connectivity index (χ3n) is 1.35. The van der Waals surface area contributed by atoms with E-state index >= 15 is 0 Å². The second kappa shape index (κ2) is 2.41. The summed E-state index contributed by atoms with van der Waals surface area (Å²) in [5, 5.41) is 0.979. The molecule has 1 atom stereocenters. The fraction of sp³-hybridized carbons (Fsp3) is 0.333. The smallest absolute Gasteiger partial charge is 0.0896 e. The minimum atomic E-state index is 0.543. The maximum absolute atomic E-state index is 5.78. The first-order chi connectivity index (χ1) is 3.80. The molecule has 0 heterocycles. The van der Waals surface area contributed by atoms with Gasteiger partial charge >= 0.3 is 0 Å². The molecule has 1 rings (SSSR count). The van der Waals surface area contributed by atoms with Crippen molar-refractivity contribution in [3.05, 3.63) is 23.3 Å². The summed E-state index contributed by atoms with van der Waals surface area (Å²) in [5.74, 6) is 0.543. The lowest BCUT2D eigenvalue weighted by Gasteiger charge is -2.08. The Morgan fingerprint density at radius 1 is 1.75 bits per heavy atom. The lowest BCUT2D eigenvalue weighted by molar-refractivity contribution is 1.01. The van der Waals surface area contributed by atoms with Crippen LogP contribution >= 0.6 is 11.6 Å². The molecule has 1 aliphatic carbocycles. The van der Waals surface area contributed by atoms with E-state index in [0.717, 1.165) is 11.5 Å². The minimum Gasteiger partial charge on any atom is -0.0896 e. The molecule has 0 saturated heterocycles. The van der Waals surface area contributed by atoms with Crippen molar-refractivity contribution in [2.45, 2.75) is 12.2 Å². The van der Waals surface area contributed by atoms with E-state index in [0.29, 0.717) is 5.82 Å². The van der Waals surface area contributed by atoms with E-state index in [1.807, 2.05) is 12.2 Å². The van der Waals surface area contributed by atoms with Crippen molar-refractivity contribution in [3.8, 4) is 0 Å². The fourth-order valence-corrected chi connectivity index (χ4v) is 0.881. The summed E-state index contributed by atoms with van der Waals surface area (Å²) in [6, 6.07) is 0. The second-order valence-corrected chi connectivity index (χ2v) is 2.55. The van der Waals surface area contributed by atoms with Crippen LogP contribution in [0.2, 0.25) is 5.82 Å². The van der Waals surface area contributed by atoms with E-state index < -0.39 is 0 Å². The van der Waals surface area contributed by atoms with Gasteiger partial charge in [0.1, 0.15) is 7.85 Å². The number of rotatable bonds is 0. The van der Waals surface area contributed by atoms with Gasteiger partial charge in [-0.05, 0) is 18.3 Å². The molecule has 0 aromatic rings. The molecular formula is C6H8BCl. The molecule has 0 nitrogen and oxygen atoms in total. The van der Waals surface area contributed by atoms with Crippen LogP contribution in [0.1, 0.15) is 6.42 Å². The zero-order chi connectivity index (χ0) is 5.98. The van der Waals surface area contributed by atoms with Gasteiger partial charge in [-0.2, -0.15) is 0 Å². The van der Waals surface area contributed by atoms with Crippen LogP contribution in [0.4, 0.5) is 0 Å². The number of hydrogen-bond acceptors (Lipinski definition) is 0. The summed E-state index contributed by atoms with van der Waals surface area (Å²) in [6.07, 6.45) is 7.18. The topological polar surface area (TPSA) is 0 Å². The van der Waals surface area contributed by atoms with E-state index in [9.17, 15) is 0 Å². The molecule has 0 aliphatic heterocycles. The molecule has 1 unspecified atom stereocenters. The van der Waals surface area contributed by atoms with E-state index in [1.165, 1.54) is 0 Å². The first kappa shape index (κ1) is 5.96. The van der Waals surface area contributed by atoms with Crippen LogP contribution in [0.3, 0.4) is 0 Å². The van der Waals surface area contributed by atoms with E-state index in [4.69, 9.17) is 11.6 Å². The average molecular weight is 126 g/mol. The van der Waals surface area contributed by atoms with Crippen molar-refractivity contribution in [1.82, 2.24) is 0 Å². The van der Waals surface area contributed by atoms with Crippen molar-refractivity contribution in [2.75, 3.05) is 0 Å². The van der Waals surface area contributed by atoms with E-state index in [-0.39, 0.29) is 0 Å². The van der Waals surface area contributed by atoms with Crippen molar-refractivity contribution in [3.63, 3.8) is 0 Å². The summed E-state index contributed by atoms with van der Waals surface area (Å²) < 4.78 is 0. The Labute approximate surface area is 55.6 Å². The molecule has 0 aromatic heterocycles. The highest BCUT2D eigenvalue weighted by molar-refractivity contribution is 6.35. The third-order valence-corrected chi connectivity index (χ3v) is 1.85. The third kappa shape index (κ3) is 1.16. The molecule has 0 aromatic carbocycles. The summed E-state index contributed by atoms with van der Waals surface area (Å²) in [6.45, 7) is 0. The van der Waals surface area contributed by atoms with Gasteiger partial charge in [0.2, 0.25) is 0 Å². The zero-order valence-electron chi connectivity index (χ0n) is 4.89. The lowest BCUT2D eigenvalue weighted by Crippen LogP contribution is -1.92. The van der Waals surface area contributed by atoms with Gasteiger partial charge < -0.3 is 0 Å². The van der Waals surface area contributed by atoms with Crippen molar-refractivity contribution >= 4 is 19.4 Å². The highest BCUT2D eigenvalue weighted by atomic mass is 35.5. The van der Waals surface area contributed by atoms with Gasteiger partial charge in [0.25, 0.3) is 0 Å². The van der Waals surface area contributed by atoms with Crippen LogP contribution < -0.4 is 0 Å². The van der Waals surface area contributed by atoms with Crippen molar-refractivity contribution < 1.29 is 0 Å². The summed E-state index contributed by atoms with van der Waals surface area (Å²) >= 11 is 5.78. The monoisotopic (exact) mass is 126 g/mol. The second-order valence-electron chi connectivity index (χ2n) is 2.12. The van der Waals surface area contributed by atoms with Crippen LogP contribution in [0, 0.1) is 0 Å². The molecule has 42 valence electrons. The van der Waals surface area contributed by atoms with Crippen LogP contribution in [0.5, 0.6) is 0 Å². The van der Waals surface area contributed by atoms with Crippen molar-refractivity contribution in [2.24, 2.45) is 0 Å². The summed E-state index contributed by atoms with van der Waals surface area (Å²) in [4.78, 5) is 0. The Balaban J connectivity index is 2.66. The highest BCUT2D eigenvalue weighted by Gasteiger charge is 2.05. The molecular weight excluding hydrogens is 118 g/mol. The average Bonchev–Trinajstić information content (AvgIpc) is 1.77. The van der Waals surface area contributed by atoms with Gasteiger partial charge in [0.15, 0.2) is 0 Å². The van der Waals surface area contributed by atoms with Crippen LogP contribution in [-0.2, 0) is 0 Å². The fourth-order valence-electron chi connectivity index (χ4n) is 0.720. The molecule has 0 fully saturated rings. The van der Waals surface area contributed by atoms with E-state index in [2.05, 4.69) is 13.9 Å². The van der Waals surface area contributed by atoms with Gasteiger partial charge in [-0.1, -0.05) is 23.8 Å². The quantitative estimate of drug-likeness (QED) is 0.432. The molecule has 0 saturated carbocycles. The maximum Gasteiger partial charge on any atom is 0.112 e. The molecule has 0 amide bonds. The molecule has 8 heavy (non-hydrogen) atoms. The molecule has 0 bridgehead atoms. The Morgan fingerprint density at radius 2 is 2.50 bits per heavy atom. The molecule has 1 aliphatic rings. The van der Waals surface area contributed by atoms with Gasteiger partial charge in [0, 0.05) is 5.03 Å². The molecule has 0 N–H and O–H groups in total. The van der Waals surface area contributed by atoms with Gasteiger partial charge in [-0.3, -0.25) is 0 Å². The first-order valence-electron chi connectivity index (χ1n) is 2.83.